The van der Waals surface area contributed by atoms with E-state index in [1.54, 1.807) is 40.2 Å². The Balaban J connectivity index is 0.000000114. The van der Waals surface area contributed by atoms with Crippen molar-refractivity contribution in [2.24, 2.45) is 0 Å². The molecule has 12 heterocycles. The van der Waals surface area contributed by atoms with Crippen molar-refractivity contribution in [2.75, 3.05) is 0 Å². The standard InChI is InChI=1S/C48H30N6S.C41H25N5S.C36H22N4S/c1-4-12-31(13-5-1)36-24-26-39(49-29-36)41-28-42(40-27-25-37(30-50-40)32-14-6-2-7-15-32)52-47(51-41)34-20-22-35(23-21-34)48-53-44(33-16-8-3-9-17-33)46-45(54-48)38-18-10-11-19-43(38)55-46;1-2-11-27(12-3-1)37-39-38(32-14-6-7-16-36(32)47-39)46-41(45-37)29-20-18-28(19-21-29)40-43-34(25-35(44-40)33-15-8-9-23-42-33)31-22-17-26-10-4-5-13-30(26)24-31;1-3-11-23(12-4-1)31-27-15-7-9-17-29(27)37-35(38-31)25-19-21-26(22-20-25)36-39-32(24-13-5-2-6-14-24)34-33(40-36)28-16-8-10-18-30(28)41-34/h1-30H;1-25H;1-22H. The van der Waals surface area contributed by atoms with Gasteiger partial charge in [-0.3, -0.25) is 15.0 Å². The quantitative estimate of drug-likeness (QED) is 0.0886. The van der Waals surface area contributed by atoms with Crippen LogP contribution in [0, 0.1) is 0 Å². The highest BCUT2D eigenvalue weighted by molar-refractivity contribution is 7.27. The lowest BCUT2D eigenvalue weighted by atomic mass is 10.0. The second kappa shape index (κ2) is 38.1. The summed E-state index contributed by atoms with van der Waals surface area (Å²) < 4.78 is 6.89. The molecule has 0 N–H and O–H groups in total. The lowest BCUT2D eigenvalue weighted by molar-refractivity contribution is 1.15. The van der Waals surface area contributed by atoms with Gasteiger partial charge in [0.05, 0.1) is 98.8 Å². The molecule has 0 saturated carbocycles. The van der Waals surface area contributed by atoms with Gasteiger partial charge in [-0.25, -0.2) is 59.8 Å². The second-order valence-corrected chi connectivity index (χ2v) is 37.6. The minimum Gasteiger partial charge on any atom is -0.255 e. The maximum absolute atomic E-state index is 5.16. The molecule has 0 aliphatic heterocycles. The molecule has 0 saturated heterocycles. The van der Waals surface area contributed by atoms with Crippen LogP contribution >= 0.6 is 34.0 Å². The van der Waals surface area contributed by atoms with Crippen LogP contribution in [-0.4, -0.2) is 74.8 Å². The number of fused-ring (bicyclic) bond motifs is 11. The first kappa shape index (κ1) is 86.0. The van der Waals surface area contributed by atoms with Crippen LogP contribution in [0.15, 0.2) is 468 Å². The van der Waals surface area contributed by atoms with Gasteiger partial charge in [-0.15, -0.1) is 34.0 Å². The summed E-state index contributed by atoms with van der Waals surface area (Å²) in [6, 6.07) is 153. The molecule has 670 valence electrons. The van der Waals surface area contributed by atoms with E-state index in [9.17, 15) is 0 Å². The topological polar surface area (TPSA) is 193 Å². The van der Waals surface area contributed by atoms with E-state index in [1.807, 2.05) is 170 Å². The summed E-state index contributed by atoms with van der Waals surface area (Å²) in [5.74, 6) is 3.96. The summed E-state index contributed by atoms with van der Waals surface area (Å²) in [4.78, 5) is 75.1. The molecular weight excluding hydrogens is 1810 g/mol. The maximum atomic E-state index is 5.16. The van der Waals surface area contributed by atoms with Gasteiger partial charge in [-0.05, 0) is 88.6 Å². The van der Waals surface area contributed by atoms with Gasteiger partial charge >= 0.3 is 0 Å². The minimum absolute atomic E-state index is 0.576. The lowest BCUT2D eigenvalue weighted by Gasteiger charge is -2.11. The van der Waals surface area contributed by atoms with Crippen molar-refractivity contribution in [1.29, 1.82) is 0 Å². The predicted octanol–water partition coefficient (Wildman–Crippen LogP) is 32.1. The lowest BCUT2D eigenvalue weighted by Crippen LogP contribution is -1.98. The Morgan fingerprint density at radius 2 is 0.448 bits per heavy atom. The average Bonchev–Trinajstić information content (AvgIpc) is 1.53. The van der Waals surface area contributed by atoms with Crippen LogP contribution in [-0.2, 0) is 0 Å². The highest BCUT2D eigenvalue weighted by atomic mass is 32.1. The normalized spacial score (nSPS) is 11.4. The zero-order valence-electron chi connectivity index (χ0n) is 76.4. The molecule has 27 aromatic rings. The van der Waals surface area contributed by atoms with E-state index in [1.165, 1.54) is 24.9 Å². The zero-order valence-corrected chi connectivity index (χ0v) is 78.8. The van der Waals surface area contributed by atoms with Crippen LogP contribution < -0.4 is 0 Å². The Kier molecular flexibility index (Phi) is 22.9. The van der Waals surface area contributed by atoms with Crippen molar-refractivity contribution in [2.45, 2.75) is 0 Å². The molecule has 27 rings (SSSR count). The van der Waals surface area contributed by atoms with Crippen LogP contribution in [0.1, 0.15) is 0 Å². The van der Waals surface area contributed by atoms with Crippen molar-refractivity contribution < 1.29 is 0 Å². The molecule has 15 nitrogen and oxygen atoms in total. The van der Waals surface area contributed by atoms with Gasteiger partial charge in [0.25, 0.3) is 0 Å². The average molecular weight is 1890 g/mol. The molecule has 18 heteroatoms. The number of rotatable bonds is 16. The SMILES string of the molecule is c1ccc(-c2ccc(-c3cc(-c4ccc(-c5ccccc5)cn4)nc(-c4ccc(-c5nc(-c6ccccc6)c6sc7ccccc7c6n5)cc4)n3)nc2)cc1.c1ccc(-c2nc(-c3ccc(-c4nc(-c5ccc6ccccc6c5)cc(-c5ccccn5)n4)cc3)nc3c2sc2ccccc23)cc1.c1ccc(-c2nc(-c3ccc(-c4nc(-c5ccccc5)c5sc6ccccc6c5n4)cc3)nc3ccccc23)cc1. The van der Waals surface area contributed by atoms with E-state index in [-0.39, 0.29) is 0 Å². The molecule has 0 bridgehead atoms. The molecule has 0 fully saturated rings. The first-order chi connectivity index (χ1) is 70.8. The number of benzene rings is 15. The largest absolute Gasteiger partial charge is 0.255 e. The van der Waals surface area contributed by atoms with Crippen molar-refractivity contribution in [3.63, 3.8) is 0 Å². The molecular formula is C125H77N15S3. The van der Waals surface area contributed by atoms with E-state index in [0.29, 0.717) is 46.3 Å². The molecule has 0 atom stereocenters. The number of hydrogen-bond acceptors (Lipinski definition) is 18. The number of para-hydroxylation sites is 1. The van der Waals surface area contributed by atoms with E-state index in [4.69, 9.17) is 69.8 Å². The molecule has 15 aromatic carbocycles. The molecule has 0 amide bonds. The van der Waals surface area contributed by atoms with Gasteiger partial charge in [-0.2, -0.15) is 0 Å². The van der Waals surface area contributed by atoms with E-state index < -0.39 is 0 Å². The first-order valence-electron chi connectivity index (χ1n) is 46.9. The fourth-order valence-electron chi connectivity index (χ4n) is 18.1. The molecule has 0 unspecified atom stereocenters. The maximum Gasteiger partial charge on any atom is 0.160 e. The fraction of sp³-hybridized carbons (Fsp3) is 0. The number of thiophene rings is 3. The molecule has 12 aromatic heterocycles. The highest BCUT2D eigenvalue weighted by Gasteiger charge is 2.24. The number of hydrogen-bond donors (Lipinski definition) is 0. The Bertz CT molecular complexity index is 9300. The van der Waals surface area contributed by atoms with Crippen molar-refractivity contribution in [1.82, 2.24) is 74.8 Å². The van der Waals surface area contributed by atoms with Gasteiger partial charge in [0.1, 0.15) is 0 Å². The van der Waals surface area contributed by atoms with Gasteiger partial charge < -0.3 is 0 Å². The van der Waals surface area contributed by atoms with Crippen molar-refractivity contribution >= 4 is 117 Å². The van der Waals surface area contributed by atoms with Crippen molar-refractivity contribution in [3.8, 4) is 181 Å². The fourth-order valence-corrected chi connectivity index (χ4v) is 21.6. The Morgan fingerprint density at radius 3 is 0.832 bits per heavy atom. The third kappa shape index (κ3) is 17.4. The smallest absolute Gasteiger partial charge is 0.160 e. The van der Waals surface area contributed by atoms with Crippen LogP contribution in [0.2, 0.25) is 0 Å². The Morgan fingerprint density at radius 1 is 0.154 bits per heavy atom. The van der Waals surface area contributed by atoms with Gasteiger partial charge in [-0.1, -0.05) is 382 Å². The van der Waals surface area contributed by atoms with Gasteiger partial charge in [0.2, 0.25) is 0 Å². The summed E-state index contributed by atoms with van der Waals surface area (Å²) in [7, 11) is 0. The number of pyridine rings is 3. The van der Waals surface area contributed by atoms with Gasteiger partial charge in [0.15, 0.2) is 34.9 Å². The third-order valence-corrected chi connectivity index (χ3v) is 28.8. The predicted molar refractivity (Wildman–Crippen MR) is 587 cm³/mol. The minimum atomic E-state index is 0.576. The summed E-state index contributed by atoms with van der Waals surface area (Å²) in [5.41, 5.74) is 28.1. The van der Waals surface area contributed by atoms with E-state index >= 15 is 0 Å². The molecule has 0 spiro atoms. The zero-order chi connectivity index (χ0) is 94.9. The van der Waals surface area contributed by atoms with E-state index in [0.717, 1.165) is 192 Å². The molecule has 0 aliphatic carbocycles. The first-order valence-corrected chi connectivity index (χ1v) is 49.4. The summed E-state index contributed by atoms with van der Waals surface area (Å²) in [6.07, 6.45) is 5.58. The monoisotopic (exact) mass is 1880 g/mol. The van der Waals surface area contributed by atoms with Crippen LogP contribution in [0.5, 0.6) is 0 Å². The molecule has 143 heavy (non-hydrogen) atoms. The van der Waals surface area contributed by atoms with Crippen LogP contribution in [0.4, 0.5) is 0 Å². The molecule has 0 radical (unpaired) electrons. The summed E-state index contributed by atoms with van der Waals surface area (Å²) >= 11 is 5.22. The van der Waals surface area contributed by atoms with Crippen molar-refractivity contribution in [3.05, 3.63) is 468 Å². The summed E-state index contributed by atoms with van der Waals surface area (Å²) in [5, 5.41) is 6.83. The van der Waals surface area contributed by atoms with Gasteiger partial charge in [0, 0.05) is 127 Å². The Labute approximate surface area is 833 Å². The van der Waals surface area contributed by atoms with Crippen LogP contribution in [0.25, 0.3) is 264 Å². The summed E-state index contributed by atoms with van der Waals surface area (Å²) in [6.45, 7) is 0. The van der Waals surface area contributed by atoms with E-state index in [2.05, 4.69) is 296 Å². The van der Waals surface area contributed by atoms with Crippen LogP contribution in [0.3, 0.4) is 0 Å². The molecule has 0 aliphatic rings. The third-order valence-electron chi connectivity index (χ3n) is 25.3. The number of aromatic nitrogens is 15. The number of nitrogens with zero attached hydrogens (tertiary/aromatic N) is 15. The highest BCUT2D eigenvalue weighted by Crippen LogP contribution is 2.45. The Hall–Kier alpha value is -18.6. The second-order valence-electron chi connectivity index (χ2n) is 34.4.